The van der Waals surface area contributed by atoms with Gasteiger partial charge in [0.25, 0.3) is 0 Å². The Morgan fingerprint density at radius 2 is 1.40 bits per heavy atom. The zero-order valence-corrected chi connectivity index (χ0v) is 16.0. The molecule has 0 bridgehead atoms. The lowest BCUT2D eigenvalue weighted by Gasteiger charge is -2.44. The van der Waals surface area contributed by atoms with E-state index in [1.807, 2.05) is 25.1 Å². The van der Waals surface area contributed by atoms with Gasteiger partial charge in [-0.1, -0.05) is 48.0 Å². The molecule has 1 aliphatic rings. The molecule has 25 heavy (non-hydrogen) atoms. The van der Waals surface area contributed by atoms with Crippen molar-refractivity contribution in [2.24, 2.45) is 0 Å². The Kier molecular flexibility index (Phi) is 5.00. The molecule has 2 aromatic rings. The third kappa shape index (κ3) is 3.64. The Labute approximate surface area is 151 Å². The van der Waals surface area contributed by atoms with E-state index in [0.717, 1.165) is 18.7 Å². The molecular weight excluding hydrogens is 332 g/mol. The van der Waals surface area contributed by atoms with Crippen molar-refractivity contribution >= 4 is 10.0 Å². The molecule has 0 radical (unpaired) electrons. The van der Waals surface area contributed by atoms with Crippen molar-refractivity contribution in [3.05, 3.63) is 65.7 Å². The molecule has 1 aliphatic heterocycles. The molecule has 0 atom stereocenters. The third-order valence-corrected chi connectivity index (χ3v) is 7.08. The molecule has 0 spiro atoms. The number of sulfonamides is 1. The summed E-state index contributed by atoms with van der Waals surface area (Å²) in [5.41, 5.74) is 2.21. The van der Waals surface area contributed by atoms with Crippen molar-refractivity contribution in [3.63, 3.8) is 0 Å². The lowest BCUT2D eigenvalue weighted by molar-refractivity contribution is 0.0777. The molecule has 2 aromatic carbocycles. The first-order chi connectivity index (χ1) is 11.8. The van der Waals surface area contributed by atoms with Crippen molar-refractivity contribution in [1.82, 2.24) is 9.21 Å². The van der Waals surface area contributed by atoms with E-state index in [0.29, 0.717) is 18.0 Å². The third-order valence-electron chi connectivity index (χ3n) is 5.17. The summed E-state index contributed by atoms with van der Waals surface area (Å²) in [6.45, 7) is 8.86. The first-order valence-electron chi connectivity index (χ1n) is 8.69. The topological polar surface area (TPSA) is 40.6 Å². The quantitative estimate of drug-likeness (QED) is 0.842. The summed E-state index contributed by atoms with van der Waals surface area (Å²) >= 11 is 0. The van der Waals surface area contributed by atoms with E-state index in [1.54, 1.807) is 16.4 Å². The van der Waals surface area contributed by atoms with Crippen LogP contribution >= 0.6 is 0 Å². The molecule has 4 nitrogen and oxygen atoms in total. The highest BCUT2D eigenvalue weighted by molar-refractivity contribution is 7.89. The van der Waals surface area contributed by atoms with Crippen LogP contribution in [0.1, 0.15) is 25.0 Å². The van der Waals surface area contributed by atoms with E-state index >= 15 is 0 Å². The highest BCUT2D eigenvalue weighted by Crippen LogP contribution is 2.29. The van der Waals surface area contributed by atoms with Gasteiger partial charge in [-0.2, -0.15) is 4.31 Å². The molecule has 1 heterocycles. The fraction of sp³-hybridized carbons (Fsp3) is 0.400. The van der Waals surface area contributed by atoms with Gasteiger partial charge in [0.1, 0.15) is 0 Å². The van der Waals surface area contributed by atoms with E-state index < -0.39 is 10.0 Å². The first kappa shape index (κ1) is 18.1. The average Bonchev–Trinajstić information content (AvgIpc) is 2.63. The molecule has 3 rings (SSSR count). The largest absolute Gasteiger partial charge is 0.292 e. The highest BCUT2D eigenvalue weighted by atomic mass is 32.2. The number of piperazine rings is 1. The number of benzene rings is 2. The molecule has 0 amide bonds. The number of aryl methyl sites for hydroxylation is 1. The van der Waals surface area contributed by atoms with Crippen molar-refractivity contribution in [2.75, 3.05) is 26.2 Å². The van der Waals surface area contributed by atoms with Gasteiger partial charge in [0.05, 0.1) is 4.90 Å². The molecule has 0 saturated carbocycles. The van der Waals surface area contributed by atoms with Gasteiger partial charge in [-0.15, -0.1) is 0 Å². The monoisotopic (exact) mass is 358 g/mol. The number of hydrogen-bond donors (Lipinski definition) is 0. The molecule has 0 unspecified atom stereocenters. The summed E-state index contributed by atoms with van der Waals surface area (Å²) in [6, 6.07) is 17.5. The van der Waals surface area contributed by atoms with Gasteiger partial charge in [0.15, 0.2) is 0 Å². The van der Waals surface area contributed by atoms with Gasteiger partial charge >= 0.3 is 0 Å². The van der Waals surface area contributed by atoms with Crippen LogP contribution in [0.4, 0.5) is 0 Å². The smallest absolute Gasteiger partial charge is 0.243 e. The maximum Gasteiger partial charge on any atom is 0.243 e. The molecule has 1 fully saturated rings. The molecule has 134 valence electrons. The standard InChI is InChI=1S/C20H26N2O2S/c1-17-9-11-19(12-10-17)25(23,24)22-15-13-21(14-16-22)20(2,3)18-7-5-4-6-8-18/h4-12H,13-16H2,1-3H3. The van der Waals surface area contributed by atoms with E-state index in [-0.39, 0.29) is 5.54 Å². The zero-order valence-electron chi connectivity index (χ0n) is 15.1. The average molecular weight is 359 g/mol. The van der Waals surface area contributed by atoms with Crippen LogP contribution in [0.3, 0.4) is 0 Å². The molecule has 1 saturated heterocycles. The molecule has 0 N–H and O–H groups in total. The summed E-state index contributed by atoms with van der Waals surface area (Å²) in [4.78, 5) is 2.75. The Balaban J connectivity index is 1.72. The van der Waals surface area contributed by atoms with E-state index in [9.17, 15) is 8.42 Å². The SMILES string of the molecule is Cc1ccc(S(=O)(=O)N2CCN(C(C)(C)c3ccccc3)CC2)cc1. The highest BCUT2D eigenvalue weighted by Gasteiger charge is 2.35. The summed E-state index contributed by atoms with van der Waals surface area (Å²) < 4.78 is 27.3. The van der Waals surface area contributed by atoms with Crippen LogP contribution in [0.25, 0.3) is 0 Å². The van der Waals surface area contributed by atoms with E-state index in [4.69, 9.17) is 0 Å². The van der Waals surface area contributed by atoms with Gasteiger partial charge in [0.2, 0.25) is 10.0 Å². The fourth-order valence-electron chi connectivity index (χ4n) is 3.38. The van der Waals surface area contributed by atoms with Crippen LogP contribution in [0, 0.1) is 6.92 Å². The van der Waals surface area contributed by atoms with E-state index in [2.05, 4.69) is 43.0 Å². The maximum absolute atomic E-state index is 12.8. The Morgan fingerprint density at radius 3 is 1.96 bits per heavy atom. The van der Waals surface area contributed by atoms with Gasteiger partial charge in [-0.25, -0.2) is 8.42 Å². The Hall–Kier alpha value is -1.69. The van der Waals surface area contributed by atoms with E-state index in [1.165, 1.54) is 5.56 Å². The second-order valence-corrected chi connectivity index (χ2v) is 9.07. The van der Waals surface area contributed by atoms with Crippen molar-refractivity contribution in [1.29, 1.82) is 0 Å². The zero-order chi connectivity index (χ0) is 18.1. The van der Waals surface area contributed by atoms with Crippen LogP contribution in [0.2, 0.25) is 0 Å². The lowest BCUT2D eigenvalue weighted by Crippen LogP contribution is -2.54. The first-order valence-corrected chi connectivity index (χ1v) is 10.1. The molecular formula is C20H26N2O2S. The lowest BCUT2D eigenvalue weighted by atomic mass is 9.92. The fourth-order valence-corrected chi connectivity index (χ4v) is 4.80. The summed E-state index contributed by atoms with van der Waals surface area (Å²) in [5, 5.41) is 0. The maximum atomic E-state index is 12.8. The minimum Gasteiger partial charge on any atom is -0.292 e. The Morgan fingerprint density at radius 1 is 0.840 bits per heavy atom. The van der Waals surface area contributed by atoms with Crippen LogP contribution in [0.15, 0.2) is 59.5 Å². The Bertz CT molecular complexity index is 807. The predicted molar refractivity (Wildman–Crippen MR) is 101 cm³/mol. The summed E-state index contributed by atoms with van der Waals surface area (Å²) in [6.07, 6.45) is 0. The minimum absolute atomic E-state index is 0.110. The number of nitrogens with zero attached hydrogens (tertiary/aromatic N) is 2. The van der Waals surface area contributed by atoms with Gasteiger partial charge in [0, 0.05) is 31.7 Å². The molecule has 0 aromatic heterocycles. The van der Waals surface area contributed by atoms with Crippen LogP contribution in [-0.2, 0) is 15.6 Å². The summed E-state index contributed by atoms with van der Waals surface area (Å²) in [7, 11) is -3.41. The second kappa shape index (κ2) is 6.90. The van der Waals surface area contributed by atoms with Crippen molar-refractivity contribution < 1.29 is 8.42 Å². The molecule has 0 aliphatic carbocycles. The van der Waals surface area contributed by atoms with Crippen LogP contribution < -0.4 is 0 Å². The summed E-state index contributed by atoms with van der Waals surface area (Å²) in [5.74, 6) is 0. The van der Waals surface area contributed by atoms with Gasteiger partial charge in [-0.05, 0) is 38.5 Å². The van der Waals surface area contributed by atoms with Crippen molar-refractivity contribution in [2.45, 2.75) is 31.2 Å². The van der Waals surface area contributed by atoms with Gasteiger partial charge in [-0.3, -0.25) is 4.90 Å². The number of rotatable bonds is 4. The predicted octanol–water partition coefficient (Wildman–Crippen LogP) is 3.24. The van der Waals surface area contributed by atoms with Crippen molar-refractivity contribution in [3.8, 4) is 0 Å². The van der Waals surface area contributed by atoms with Crippen LogP contribution in [-0.4, -0.2) is 43.8 Å². The number of hydrogen-bond acceptors (Lipinski definition) is 3. The minimum atomic E-state index is -3.41. The van der Waals surface area contributed by atoms with Gasteiger partial charge < -0.3 is 0 Å². The molecule has 5 heteroatoms. The van der Waals surface area contributed by atoms with Crippen LogP contribution in [0.5, 0.6) is 0 Å². The normalized spacial score (nSPS) is 17.6. The second-order valence-electron chi connectivity index (χ2n) is 7.13.